The number of amides is 1. The second-order valence-corrected chi connectivity index (χ2v) is 7.73. The van der Waals surface area contributed by atoms with E-state index in [0.717, 1.165) is 10.9 Å². The number of fused-ring (bicyclic) bond motifs is 4. The first-order valence-corrected chi connectivity index (χ1v) is 10.4. The van der Waals surface area contributed by atoms with E-state index in [1.165, 1.54) is 16.7 Å². The van der Waals surface area contributed by atoms with Crippen molar-refractivity contribution in [1.82, 2.24) is 9.58 Å². The van der Waals surface area contributed by atoms with E-state index < -0.39 is 24.0 Å². The molecule has 164 valence electrons. The summed E-state index contributed by atoms with van der Waals surface area (Å²) in [5.74, 6) is -0.324. The summed E-state index contributed by atoms with van der Waals surface area (Å²) in [6.45, 7) is 0.0833. The number of ether oxygens (including phenoxy) is 3. The average Bonchev–Trinajstić information content (AvgIpc) is 3.43. The smallest absolute Gasteiger partial charge is 0.328 e. The van der Waals surface area contributed by atoms with Crippen molar-refractivity contribution in [3.05, 3.63) is 64.2 Å². The molecular formula is C22H18ClN3O6. The molecule has 0 fully saturated rings. The Labute approximate surface area is 187 Å². The van der Waals surface area contributed by atoms with Crippen LogP contribution in [0.4, 0.5) is 0 Å². The van der Waals surface area contributed by atoms with E-state index in [0.29, 0.717) is 28.3 Å². The Balaban J connectivity index is 1.82. The van der Waals surface area contributed by atoms with Crippen molar-refractivity contribution in [2.24, 2.45) is 5.29 Å². The zero-order valence-corrected chi connectivity index (χ0v) is 17.7. The standard InChI is InChI=1S/C22H18ClN3O6/c1-30-22(28)16-9-14-13-4-2-3-5-15(13)26(24-29)21(14)20(25(16)19(27)10-23)12-6-7-17-18(8-12)32-11-31-17/h2-8,16,20H,9-11H2,1H3/t16-,20-/m1/s1. The van der Waals surface area contributed by atoms with Gasteiger partial charge in [-0.25, -0.2) is 4.79 Å². The molecule has 2 atom stereocenters. The number of alkyl halides is 1. The van der Waals surface area contributed by atoms with E-state index in [1.54, 1.807) is 30.3 Å². The number of rotatable bonds is 4. The van der Waals surface area contributed by atoms with Crippen LogP contribution >= 0.6 is 11.6 Å². The van der Waals surface area contributed by atoms with Gasteiger partial charge in [0.15, 0.2) is 11.5 Å². The molecule has 3 heterocycles. The molecule has 0 unspecified atom stereocenters. The minimum atomic E-state index is -0.930. The molecule has 0 saturated carbocycles. The number of carbonyl (C=O) groups excluding carboxylic acids is 2. The van der Waals surface area contributed by atoms with Crippen molar-refractivity contribution >= 4 is 34.4 Å². The molecule has 5 rings (SSSR count). The third kappa shape index (κ3) is 2.92. The summed E-state index contributed by atoms with van der Waals surface area (Å²) >= 11 is 5.94. The number of nitroso groups, excluding NO2 is 1. The highest BCUT2D eigenvalue weighted by Gasteiger charge is 2.45. The van der Waals surface area contributed by atoms with Crippen molar-refractivity contribution in [1.29, 1.82) is 0 Å². The summed E-state index contributed by atoms with van der Waals surface area (Å²) in [6.07, 6.45) is 0.161. The third-order valence-corrected chi connectivity index (χ3v) is 6.16. The molecule has 2 aliphatic heterocycles. The number of para-hydroxylation sites is 1. The maximum atomic E-state index is 13.1. The van der Waals surface area contributed by atoms with Crippen molar-refractivity contribution in [3.63, 3.8) is 0 Å². The lowest BCUT2D eigenvalue weighted by Crippen LogP contribution is -2.52. The lowest BCUT2D eigenvalue weighted by atomic mass is 9.87. The Morgan fingerprint density at radius 3 is 2.72 bits per heavy atom. The molecule has 10 heteroatoms. The lowest BCUT2D eigenvalue weighted by Gasteiger charge is -2.40. The number of aromatic nitrogens is 1. The molecule has 0 spiro atoms. The SMILES string of the molecule is COC(=O)[C@H]1Cc2c(n(N=O)c3ccccc23)[C@@H](c2ccc3c(c2)OCO3)N1C(=O)CCl. The van der Waals surface area contributed by atoms with Crippen LogP contribution in [-0.4, -0.2) is 47.3 Å². The number of halogens is 1. The molecule has 32 heavy (non-hydrogen) atoms. The predicted molar refractivity (Wildman–Crippen MR) is 115 cm³/mol. The molecule has 1 aromatic heterocycles. The van der Waals surface area contributed by atoms with Crippen LogP contribution in [0, 0.1) is 4.91 Å². The van der Waals surface area contributed by atoms with Gasteiger partial charge in [-0.2, -0.15) is 4.68 Å². The molecule has 9 nitrogen and oxygen atoms in total. The van der Waals surface area contributed by atoms with Gasteiger partial charge in [-0.1, -0.05) is 24.3 Å². The number of carbonyl (C=O) groups is 2. The largest absolute Gasteiger partial charge is 0.467 e. The van der Waals surface area contributed by atoms with Crippen LogP contribution in [0.25, 0.3) is 10.9 Å². The van der Waals surface area contributed by atoms with Crippen LogP contribution in [0.15, 0.2) is 47.8 Å². The Hall–Kier alpha value is -3.59. The number of nitrogens with zero attached hydrogens (tertiary/aromatic N) is 3. The predicted octanol–water partition coefficient (Wildman–Crippen LogP) is 3.15. The molecule has 0 aliphatic carbocycles. The van der Waals surface area contributed by atoms with Gasteiger partial charge >= 0.3 is 5.97 Å². The minimum absolute atomic E-state index is 0.0833. The topological polar surface area (TPSA) is 99.4 Å². The number of hydrogen-bond donors (Lipinski definition) is 0. The van der Waals surface area contributed by atoms with E-state index in [2.05, 4.69) is 5.29 Å². The van der Waals surface area contributed by atoms with Gasteiger partial charge < -0.3 is 19.1 Å². The zero-order chi connectivity index (χ0) is 22.4. The zero-order valence-electron chi connectivity index (χ0n) is 17.0. The maximum absolute atomic E-state index is 13.1. The highest BCUT2D eigenvalue weighted by Crippen LogP contribution is 2.45. The van der Waals surface area contributed by atoms with E-state index in [1.807, 2.05) is 12.1 Å². The van der Waals surface area contributed by atoms with Gasteiger partial charge in [0.2, 0.25) is 12.7 Å². The van der Waals surface area contributed by atoms with Gasteiger partial charge in [0.05, 0.1) is 23.6 Å². The van der Waals surface area contributed by atoms with E-state index in [9.17, 15) is 14.5 Å². The summed E-state index contributed by atoms with van der Waals surface area (Å²) in [7, 11) is 1.27. The molecule has 0 N–H and O–H groups in total. The summed E-state index contributed by atoms with van der Waals surface area (Å²) in [5.41, 5.74) is 2.45. The Bertz CT molecular complexity index is 1260. The van der Waals surface area contributed by atoms with Gasteiger partial charge in [0.25, 0.3) is 0 Å². The second kappa shape index (κ2) is 7.83. The highest BCUT2D eigenvalue weighted by molar-refractivity contribution is 6.27. The fourth-order valence-corrected chi connectivity index (χ4v) is 4.76. The molecule has 2 aromatic carbocycles. The number of benzene rings is 2. The van der Waals surface area contributed by atoms with Gasteiger partial charge in [0, 0.05) is 11.8 Å². The number of esters is 1. The highest BCUT2D eigenvalue weighted by atomic mass is 35.5. The van der Waals surface area contributed by atoms with Crippen LogP contribution < -0.4 is 9.47 Å². The van der Waals surface area contributed by atoms with Crippen molar-refractivity contribution in [2.75, 3.05) is 19.8 Å². The quantitative estimate of drug-likeness (QED) is 0.340. The van der Waals surface area contributed by atoms with Crippen LogP contribution in [0.1, 0.15) is 22.9 Å². The fourth-order valence-electron chi connectivity index (χ4n) is 4.62. The molecule has 2 aliphatic rings. The van der Waals surface area contributed by atoms with Gasteiger partial charge in [-0.3, -0.25) is 4.79 Å². The van der Waals surface area contributed by atoms with Crippen molar-refractivity contribution in [3.8, 4) is 11.5 Å². The monoisotopic (exact) mass is 455 g/mol. The Morgan fingerprint density at radius 2 is 1.97 bits per heavy atom. The fraction of sp³-hybridized carbons (Fsp3) is 0.273. The molecule has 0 radical (unpaired) electrons. The van der Waals surface area contributed by atoms with Gasteiger partial charge in [0.1, 0.15) is 18.0 Å². The number of methoxy groups -OCH3 is 1. The van der Waals surface area contributed by atoms with Crippen LogP contribution in [0.3, 0.4) is 0 Å². The number of hydrogen-bond acceptors (Lipinski definition) is 7. The normalized spacial score (nSPS) is 19.0. The summed E-state index contributed by atoms with van der Waals surface area (Å²) in [6, 6.07) is 10.7. The average molecular weight is 456 g/mol. The summed E-state index contributed by atoms with van der Waals surface area (Å²) < 4.78 is 17.2. The third-order valence-electron chi connectivity index (χ3n) is 5.93. The van der Waals surface area contributed by atoms with Crippen LogP contribution in [0.2, 0.25) is 0 Å². The van der Waals surface area contributed by atoms with E-state index in [4.69, 9.17) is 25.8 Å². The molecule has 0 saturated heterocycles. The first-order chi connectivity index (χ1) is 15.6. The van der Waals surface area contributed by atoms with Crippen LogP contribution in [0.5, 0.6) is 11.5 Å². The minimum Gasteiger partial charge on any atom is -0.467 e. The van der Waals surface area contributed by atoms with Gasteiger partial charge in [-0.15, -0.1) is 16.5 Å². The Kier molecular flexibility index (Phi) is 4.97. The molecule has 0 bridgehead atoms. The molecular weight excluding hydrogens is 438 g/mol. The molecule has 3 aromatic rings. The first-order valence-electron chi connectivity index (χ1n) is 9.89. The first kappa shape index (κ1) is 20.3. The van der Waals surface area contributed by atoms with E-state index >= 15 is 0 Å². The van der Waals surface area contributed by atoms with Crippen LogP contribution in [-0.2, 0) is 20.7 Å². The lowest BCUT2D eigenvalue weighted by molar-refractivity contribution is -0.154. The molecule has 1 amide bonds. The van der Waals surface area contributed by atoms with Crippen molar-refractivity contribution in [2.45, 2.75) is 18.5 Å². The summed E-state index contributed by atoms with van der Waals surface area (Å²) in [5, 5.41) is 4.03. The second-order valence-electron chi connectivity index (χ2n) is 7.47. The van der Waals surface area contributed by atoms with Gasteiger partial charge in [-0.05, 0) is 29.3 Å². The van der Waals surface area contributed by atoms with E-state index in [-0.39, 0.29) is 19.1 Å². The maximum Gasteiger partial charge on any atom is 0.328 e. The van der Waals surface area contributed by atoms with Crippen molar-refractivity contribution < 1.29 is 23.8 Å². The summed E-state index contributed by atoms with van der Waals surface area (Å²) in [4.78, 5) is 39.2. The Morgan fingerprint density at radius 1 is 1.19 bits per heavy atom.